The number of rotatable bonds is 3. The first-order valence-electron chi connectivity index (χ1n) is 8.02. The largest absolute Gasteiger partial charge is 0.478 e. The van der Waals surface area contributed by atoms with Crippen molar-refractivity contribution in [3.05, 3.63) is 75.8 Å². The molecule has 2 amide bonds. The van der Waals surface area contributed by atoms with Crippen molar-refractivity contribution in [2.75, 3.05) is 4.90 Å². The molecule has 0 aliphatic carbocycles. The molecule has 2 N–H and O–H groups in total. The third kappa shape index (κ3) is 2.44. The predicted molar refractivity (Wildman–Crippen MR) is 100 cm³/mol. The first-order chi connectivity index (χ1) is 13.3. The standard InChI is InChI=1S/C20H10ClNO6/c21-14-7-4-9(19(25)26)8-15(14)22-17(23)12-3-1-2-10-11(20(27)28)5-6-13(16(10)12)18(22)24/h1-8H,(H,25,26)(H,27,28). The van der Waals surface area contributed by atoms with Gasteiger partial charge in [-0.25, -0.2) is 14.5 Å². The summed E-state index contributed by atoms with van der Waals surface area (Å²) in [6.07, 6.45) is 0. The molecule has 0 aromatic heterocycles. The number of carbonyl (C=O) groups excluding carboxylic acids is 2. The zero-order chi connectivity index (χ0) is 20.2. The van der Waals surface area contributed by atoms with Gasteiger partial charge in [-0.2, -0.15) is 0 Å². The molecule has 138 valence electrons. The molecule has 7 nitrogen and oxygen atoms in total. The monoisotopic (exact) mass is 395 g/mol. The predicted octanol–water partition coefficient (Wildman–Crippen LogP) is 3.69. The molecule has 0 saturated heterocycles. The molecule has 0 spiro atoms. The summed E-state index contributed by atoms with van der Waals surface area (Å²) in [5.74, 6) is -3.84. The molecular formula is C20H10ClNO6. The highest BCUT2D eigenvalue weighted by Gasteiger charge is 2.36. The Morgan fingerprint density at radius 3 is 2.18 bits per heavy atom. The number of nitrogens with zero attached hydrogens (tertiary/aromatic N) is 1. The number of hydrogen-bond acceptors (Lipinski definition) is 4. The number of benzene rings is 3. The van der Waals surface area contributed by atoms with Crippen molar-refractivity contribution < 1.29 is 29.4 Å². The summed E-state index contributed by atoms with van der Waals surface area (Å²) in [6, 6.07) is 10.9. The van der Waals surface area contributed by atoms with Crippen LogP contribution in [0.1, 0.15) is 41.4 Å². The van der Waals surface area contributed by atoms with Crippen LogP contribution in [0.2, 0.25) is 5.02 Å². The number of amides is 2. The van der Waals surface area contributed by atoms with E-state index in [1.54, 1.807) is 0 Å². The zero-order valence-corrected chi connectivity index (χ0v) is 14.7. The fourth-order valence-corrected chi connectivity index (χ4v) is 3.52. The average molecular weight is 396 g/mol. The second kappa shape index (κ2) is 6.17. The van der Waals surface area contributed by atoms with Gasteiger partial charge in [-0.1, -0.05) is 23.7 Å². The summed E-state index contributed by atoms with van der Waals surface area (Å²) >= 11 is 6.14. The number of hydrogen-bond donors (Lipinski definition) is 2. The third-order valence-electron chi connectivity index (χ3n) is 4.57. The van der Waals surface area contributed by atoms with Crippen molar-refractivity contribution in [3.8, 4) is 0 Å². The van der Waals surface area contributed by atoms with Crippen LogP contribution in [-0.4, -0.2) is 34.0 Å². The van der Waals surface area contributed by atoms with E-state index in [4.69, 9.17) is 11.6 Å². The van der Waals surface area contributed by atoms with Gasteiger partial charge in [0.05, 0.1) is 21.8 Å². The van der Waals surface area contributed by atoms with Crippen molar-refractivity contribution in [2.45, 2.75) is 0 Å². The van der Waals surface area contributed by atoms with Crippen LogP contribution in [0.4, 0.5) is 5.69 Å². The van der Waals surface area contributed by atoms with E-state index in [2.05, 4.69) is 0 Å². The smallest absolute Gasteiger partial charge is 0.336 e. The number of carbonyl (C=O) groups is 4. The Hall–Kier alpha value is -3.71. The molecule has 0 atom stereocenters. The molecular weight excluding hydrogens is 386 g/mol. The van der Waals surface area contributed by atoms with Crippen molar-refractivity contribution in [1.82, 2.24) is 0 Å². The highest BCUT2D eigenvalue weighted by atomic mass is 35.5. The summed E-state index contributed by atoms with van der Waals surface area (Å²) in [7, 11) is 0. The van der Waals surface area contributed by atoms with E-state index >= 15 is 0 Å². The summed E-state index contributed by atoms with van der Waals surface area (Å²) in [6.45, 7) is 0. The zero-order valence-electron chi connectivity index (χ0n) is 14.0. The lowest BCUT2D eigenvalue weighted by Crippen LogP contribution is -2.40. The Balaban J connectivity index is 1.99. The maximum Gasteiger partial charge on any atom is 0.336 e. The Morgan fingerprint density at radius 1 is 0.857 bits per heavy atom. The van der Waals surface area contributed by atoms with E-state index < -0.39 is 23.8 Å². The first kappa shape index (κ1) is 17.7. The summed E-state index contributed by atoms with van der Waals surface area (Å²) in [5, 5.41) is 19.1. The van der Waals surface area contributed by atoms with Crippen molar-refractivity contribution in [1.29, 1.82) is 0 Å². The van der Waals surface area contributed by atoms with Gasteiger partial charge in [0.2, 0.25) is 0 Å². The Labute approximate surface area is 162 Å². The Morgan fingerprint density at radius 2 is 1.54 bits per heavy atom. The molecule has 0 fully saturated rings. The van der Waals surface area contributed by atoms with Crippen LogP contribution in [0.5, 0.6) is 0 Å². The lowest BCUT2D eigenvalue weighted by atomic mass is 9.91. The van der Waals surface area contributed by atoms with Gasteiger partial charge in [-0.3, -0.25) is 9.59 Å². The normalized spacial score (nSPS) is 13.1. The number of imide groups is 1. The Kier molecular flexibility index (Phi) is 3.90. The van der Waals surface area contributed by atoms with Crippen LogP contribution in [-0.2, 0) is 0 Å². The van der Waals surface area contributed by atoms with E-state index in [1.165, 1.54) is 42.5 Å². The van der Waals surface area contributed by atoms with E-state index in [0.717, 1.165) is 11.0 Å². The van der Waals surface area contributed by atoms with Crippen LogP contribution >= 0.6 is 11.6 Å². The molecule has 1 heterocycles. The van der Waals surface area contributed by atoms with E-state index in [-0.39, 0.29) is 43.7 Å². The molecule has 0 bridgehead atoms. The minimum atomic E-state index is -1.23. The number of anilines is 1. The molecule has 8 heteroatoms. The number of carboxylic acids is 2. The topological polar surface area (TPSA) is 112 Å². The lowest BCUT2D eigenvalue weighted by molar-refractivity contribution is 0.0687. The molecule has 4 rings (SSSR count). The maximum atomic E-state index is 13.1. The molecule has 1 aliphatic rings. The first-order valence-corrected chi connectivity index (χ1v) is 8.39. The van der Waals surface area contributed by atoms with E-state index in [1.807, 2.05) is 0 Å². The quantitative estimate of drug-likeness (QED) is 0.654. The van der Waals surface area contributed by atoms with Gasteiger partial charge in [0.1, 0.15) is 0 Å². The van der Waals surface area contributed by atoms with Crippen molar-refractivity contribution in [3.63, 3.8) is 0 Å². The van der Waals surface area contributed by atoms with Crippen LogP contribution in [0.25, 0.3) is 10.8 Å². The minimum absolute atomic E-state index is 0.0273. The van der Waals surface area contributed by atoms with Gasteiger partial charge in [-0.15, -0.1) is 0 Å². The molecule has 0 unspecified atom stereocenters. The van der Waals surface area contributed by atoms with Crippen LogP contribution in [0.3, 0.4) is 0 Å². The highest BCUT2D eigenvalue weighted by molar-refractivity contribution is 6.40. The molecule has 3 aromatic rings. The molecule has 0 radical (unpaired) electrons. The molecule has 3 aromatic carbocycles. The Bertz CT molecular complexity index is 1210. The van der Waals surface area contributed by atoms with Gasteiger partial charge in [0.15, 0.2) is 0 Å². The van der Waals surface area contributed by atoms with Gasteiger partial charge in [-0.05, 0) is 41.8 Å². The van der Waals surface area contributed by atoms with Gasteiger partial charge in [0, 0.05) is 16.5 Å². The van der Waals surface area contributed by atoms with E-state index in [9.17, 15) is 29.4 Å². The summed E-state index contributed by atoms with van der Waals surface area (Å²) in [4.78, 5) is 49.7. The molecule has 28 heavy (non-hydrogen) atoms. The number of aromatic carboxylic acids is 2. The fourth-order valence-electron chi connectivity index (χ4n) is 3.32. The average Bonchev–Trinajstić information content (AvgIpc) is 2.66. The summed E-state index contributed by atoms with van der Waals surface area (Å²) < 4.78 is 0. The SMILES string of the molecule is O=C(O)c1ccc(Cl)c(N2C(=O)c3cccc4c(C(=O)O)ccc(c34)C2=O)c1. The van der Waals surface area contributed by atoms with Crippen LogP contribution < -0.4 is 4.90 Å². The molecule has 0 saturated carbocycles. The maximum absolute atomic E-state index is 13.1. The van der Waals surface area contributed by atoms with Crippen LogP contribution in [0, 0.1) is 0 Å². The van der Waals surface area contributed by atoms with Crippen molar-refractivity contribution >= 4 is 51.8 Å². The third-order valence-corrected chi connectivity index (χ3v) is 4.89. The fraction of sp³-hybridized carbons (Fsp3) is 0. The number of carboxylic acid groups (broad SMARTS) is 2. The van der Waals surface area contributed by atoms with Crippen LogP contribution in [0.15, 0.2) is 48.5 Å². The van der Waals surface area contributed by atoms with Gasteiger partial charge in [0.25, 0.3) is 11.8 Å². The lowest BCUT2D eigenvalue weighted by Gasteiger charge is -2.28. The van der Waals surface area contributed by atoms with Crippen molar-refractivity contribution in [2.24, 2.45) is 0 Å². The minimum Gasteiger partial charge on any atom is -0.478 e. The second-order valence-corrected chi connectivity index (χ2v) is 6.52. The molecule has 1 aliphatic heterocycles. The highest BCUT2D eigenvalue weighted by Crippen LogP contribution is 2.37. The van der Waals surface area contributed by atoms with Gasteiger partial charge >= 0.3 is 11.9 Å². The summed E-state index contributed by atoms with van der Waals surface area (Å²) in [5.41, 5.74) is 0.0475. The van der Waals surface area contributed by atoms with Gasteiger partial charge < -0.3 is 10.2 Å². The second-order valence-electron chi connectivity index (χ2n) is 6.11. The number of halogens is 1. The van der Waals surface area contributed by atoms with E-state index in [0.29, 0.717) is 0 Å².